The smallest absolute Gasteiger partial charge is 0.272 e. The molecule has 0 fully saturated rings. The number of rotatable bonds is 4. The van der Waals surface area contributed by atoms with E-state index in [1.165, 1.54) is 18.2 Å². The van der Waals surface area contributed by atoms with Gasteiger partial charge in [0.15, 0.2) is 0 Å². The van der Waals surface area contributed by atoms with Gasteiger partial charge in [0.1, 0.15) is 11.5 Å². The number of phenols is 2. The van der Waals surface area contributed by atoms with Crippen LogP contribution in [-0.4, -0.2) is 26.8 Å². The van der Waals surface area contributed by atoms with E-state index in [1.54, 1.807) is 13.0 Å². The summed E-state index contributed by atoms with van der Waals surface area (Å²) in [6.45, 7) is 3.64. The van der Waals surface area contributed by atoms with Crippen LogP contribution in [-0.2, 0) is 0 Å². The van der Waals surface area contributed by atoms with Crippen molar-refractivity contribution >= 4 is 22.5 Å². The highest BCUT2D eigenvalue weighted by atomic mass is 16.3. The second-order valence-corrected chi connectivity index (χ2v) is 7.23. The zero-order valence-electron chi connectivity index (χ0n) is 17.1. The van der Waals surface area contributed by atoms with E-state index in [4.69, 9.17) is 4.98 Å². The van der Waals surface area contributed by atoms with E-state index in [1.807, 2.05) is 55.5 Å². The zero-order valence-corrected chi connectivity index (χ0v) is 17.1. The van der Waals surface area contributed by atoms with Gasteiger partial charge in [-0.1, -0.05) is 42.5 Å². The predicted octanol–water partition coefficient (Wildman–Crippen LogP) is 4.78. The van der Waals surface area contributed by atoms with E-state index in [2.05, 4.69) is 10.5 Å². The largest absolute Gasteiger partial charge is 0.508 e. The van der Waals surface area contributed by atoms with Crippen molar-refractivity contribution in [1.82, 2.24) is 10.4 Å². The molecule has 0 aliphatic rings. The minimum absolute atomic E-state index is 0.00308. The van der Waals surface area contributed by atoms with Crippen molar-refractivity contribution < 1.29 is 15.0 Å². The molecule has 6 nitrogen and oxygen atoms in total. The van der Waals surface area contributed by atoms with Crippen LogP contribution in [0.3, 0.4) is 0 Å². The normalized spacial score (nSPS) is 11.5. The first-order valence-corrected chi connectivity index (χ1v) is 9.77. The number of benzene rings is 3. The third-order valence-electron chi connectivity index (χ3n) is 5.08. The summed E-state index contributed by atoms with van der Waals surface area (Å²) < 4.78 is 0. The number of aromatic hydroxyl groups is 2. The lowest BCUT2D eigenvalue weighted by Crippen LogP contribution is -2.20. The lowest BCUT2D eigenvalue weighted by Gasteiger charge is -2.11. The predicted molar refractivity (Wildman–Crippen MR) is 121 cm³/mol. The minimum Gasteiger partial charge on any atom is -0.508 e. The fraction of sp³-hybridized carbons (Fsp3) is 0.0800. The Morgan fingerprint density at radius 1 is 0.935 bits per heavy atom. The highest BCUT2D eigenvalue weighted by Crippen LogP contribution is 2.27. The number of nitrogens with zero attached hydrogens (tertiary/aromatic N) is 2. The standard InChI is InChI=1S/C25H21N3O3/c1-15-7-3-4-8-18(15)23-14-21(19-9-5-6-10-22(19)26-23)25(31)28-27-16(2)20-13-17(29)11-12-24(20)30/h3-14,29-30H,1-2H3,(H,28,31)/b27-16+. The lowest BCUT2D eigenvalue weighted by atomic mass is 10.0. The van der Waals surface area contributed by atoms with Crippen molar-refractivity contribution in [2.45, 2.75) is 13.8 Å². The number of phenolic OH excluding ortho intramolecular Hbond substituents is 2. The first-order chi connectivity index (χ1) is 14.9. The molecule has 0 saturated heterocycles. The number of aryl methyl sites for hydroxylation is 1. The molecule has 4 rings (SSSR count). The molecular formula is C25H21N3O3. The Morgan fingerprint density at radius 3 is 2.48 bits per heavy atom. The molecular weight excluding hydrogens is 390 g/mol. The van der Waals surface area contributed by atoms with E-state index < -0.39 is 5.91 Å². The number of aromatic nitrogens is 1. The second-order valence-electron chi connectivity index (χ2n) is 7.23. The van der Waals surface area contributed by atoms with E-state index in [-0.39, 0.29) is 11.5 Å². The Morgan fingerprint density at radius 2 is 1.68 bits per heavy atom. The third kappa shape index (κ3) is 4.09. The Kier molecular flexibility index (Phi) is 5.37. The maximum absolute atomic E-state index is 13.1. The van der Waals surface area contributed by atoms with Gasteiger partial charge in [0.2, 0.25) is 0 Å². The number of fused-ring (bicyclic) bond motifs is 1. The molecule has 4 aromatic rings. The van der Waals surface area contributed by atoms with Crippen molar-refractivity contribution in [2.24, 2.45) is 5.10 Å². The topological polar surface area (TPSA) is 94.8 Å². The summed E-state index contributed by atoms with van der Waals surface area (Å²) in [6.07, 6.45) is 0. The molecule has 1 aromatic heterocycles. The highest BCUT2D eigenvalue weighted by molar-refractivity contribution is 6.08. The number of nitrogens with one attached hydrogen (secondary N) is 1. The Labute approximate surface area is 179 Å². The first-order valence-electron chi connectivity index (χ1n) is 9.77. The number of hydrazone groups is 1. The number of hydrogen-bond donors (Lipinski definition) is 3. The molecule has 0 saturated carbocycles. The van der Waals surface area contributed by atoms with Gasteiger partial charge in [-0.15, -0.1) is 0 Å². The fourth-order valence-corrected chi connectivity index (χ4v) is 3.43. The van der Waals surface area contributed by atoms with E-state index in [0.29, 0.717) is 33.4 Å². The fourth-order valence-electron chi connectivity index (χ4n) is 3.43. The third-order valence-corrected chi connectivity index (χ3v) is 5.08. The highest BCUT2D eigenvalue weighted by Gasteiger charge is 2.15. The van der Waals surface area contributed by atoms with Gasteiger partial charge in [0, 0.05) is 16.5 Å². The number of carbonyl (C=O) groups is 1. The van der Waals surface area contributed by atoms with Crippen LogP contribution >= 0.6 is 0 Å². The number of hydrogen-bond acceptors (Lipinski definition) is 5. The van der Waals surface area contributed by atoms with Crippen LogP contribution in [0.2, 0.25) is 0 Å². The van der Waals surface area contributed by atoms with Crippen LogP contribution in [0.4, 0.5) is 0 Å². The van der Waals surface area contributed by atoms with Crippen LogP contribution in [0.5, 0.6) is 11.5 Å². The minimum atomic E-state index is -0.396. The van der Waals surface area contributed by atoms with Crippen LogP contribution in [0, 0.1) is 6.92 Å². The van der Waals surface area contributed by atoms with Gasteiger partial charge in [-0.25, -0.2) is 10.4 Å². The Hall–Kier alpha value is -4.19. The molecule has 0 radical (unpaired) electrons. The molecule has 0 bridgehead atoms. The van der Waals surface area contributed by atoms with Crippen LogP contribution in [0.1, 0.15) is 28.4 Å². The van der Waals surface area contributed by atoms with E-state index in [9.17, 15) is 15.0 Å². The monoisotopic (exact) mass is 411 g/mol. The maximum Gasteiger partial charge on any atom is 0.272 e. The van der Waals surface area contributed by atoms with E-state index >= 15 is 0 Å². The number of carbonyl (C=O) groups excluding carboxylic acids is 1. The number of pyridine rings is 1. The summed E-state index contributed by atoms with van der Waals surface area (Å²) in [6, 6.07) is 21.2. The molecule has 6 heteroatoms. The zero-order chi connectivity index (χ0) is 22.0. The lowest BCUT2D eigenvalue weighted by molar-refractivity contribution is 0.0956. The van der Waals surface area contributed by atoms with Crippen molar-refractivity contribution in [1.29, 1.82) is 0 Å². The van der Waals surface area contributed by atoms with Crippen LogP contribution < -0.4 is 5.43 Å². The SMILES string of the molecule is C/C(=N\NC(=O)c1cc(-c2ccccc2C)nc2ccccc12)c1cc(O)ccc1O. The summed E-state index contributed by atoms with van der Waals surface area (Å²) >= 11 is 0. The molecule has 0 aliphatic heterocycles. The van der Waals surface area contributed by atoms with Crippen molar-refractivity contribution in [3.05, 3.63) is 89.5 Å². The van der Waals surface area contributed by atoms with Crippen molar-refractivity contribution in [3.8, 4) is 22.8 Å². The molecule has 154 valence electrons. The van der Waals surface area contributed by atoms with Gasteiger partial charge in [0.25, 0.3) is 5.91 Å². The second kappa shape index (κ2) is 8.28. The molecule has 0 atom stereocenters. The average Bonchev–Trinajstić information content (AvgIpc) is 2.78. The molecule has 3 aromatic carbocycles. The van der Waals surface area contributed by atoms with Gasteiger partial charge in [0.05, 0.1) is 22.5 Å². The number of para-hydroxylation sites is 1. The molecule has 1 heterocycles. The summed E-state index contributed by atoms with van der Waals surface area (Å²) in [5, 5.41) is 24.5. The average molecular weight is 411 g/mol. The summed E-state index contributed by atoms with van der Waals surface area (Å²) in [5.41, 5.74) is 7.12. The Balaban J connectivity index is 1.74. The van der Waals surface area contributed by atoms with E-state index in [0.717, 1.165) is 11.1 Å². The first kappa shape index (κ1) is 20.1. The summed E-state index contributed by atoms with van der Waals surface area (Å²) in [7, 11) is 0. The summed E-state index contributed by atoms with van der Waals surface area (Å²) in [5.74, 6) is -0.436. The van der Waals surface area contributed by atoms with Crippen molar-refractivity contribution in [2.75, 3.05) is 0 Å². The Bertz CT molecular complexity index is 1330. The molecule has 0 unspecified atom stereocenters. The maximum atomic E-state index is 13.1. The van der Waals surface area contributed by atoms with Gasteiger partial charge >= 0.3 is 0 Å². The quantitative estimate of drug-likeness (QED) is 0.256. The van der Waals surface area contributed by atoms with Gasteiger partial charge < -0.3 is 10.2 Å². The number of amides is 1. The molecule has 3 N–H and O–H groups in total. The summed E-state index contributed by atoms with van der Waals surface area (Å²) in [4.78, 5) is 17.8. The molecule has 0 aliphatic carbocycles. The molecule has 1 amide bonds. The van der Waals surface area contributed by atoms with Crippen molar-refractivity contribution in [3.63, 3.8) is 0 Å². The van der Waals surface area contributed by atoms with Gasteiger partial charge in [-0.05, 0) is 49.7 Å². The molecule has 0 spiro atoms. The van der Waals surface area contributed by atoms with Gasteiger partial charge in [-0.2, -0.15) is 5.10 Å². The van der Waals surface area contributed by atoms with Gasteiger partial charge in [-0.3, -0.25) is 4.79 Å². The van der Waals surface area contributed by atoms with Crippen LogP contribution in [0.25, 0.3) is 22.2 Å². The van der Waals surface area contributed by atoms with Crippen LogP contribution in [0.15, 0.2) is 77.9 Å². The molecule has 31 heavy (non-hydrogen) atoms.